The molecule has 0 bridgehead atoms. The first-order valence-electron chi connectivity index (χ1n) is 5.61. The number of sulfonamides is 1. The van der Waals surface area contributed by atoms with Crippen LogP contribution in [0.1, 0.15) is 18.9 Å². The molecule has 0 saturated carbocycles. The van der Waals surface area contributed by atoms with Gasteiger partial charge < -0.3 is 5.11 Å². The van der Waals surface area contributed by atoms with Gasteiger partial charge in [-0.25, -0.2) is 8.42 Å². The van der Waals surface area contributed by atoms with E-state index in [1.165, 1.54) is 19.1 Å². The average Bonchev–Trinajstić information content (AvgIpc) is 2.26. The number of benzene rings is 1. The summed E-state index contributed by atoms with van der Waals surface area (Å²) in [5.41, 5.74) is -0.359. The molecule has 1 heterocycles. The van der Waals surface area contributed by atoms with Crippen molar-refractivity contribution in [1.29, 1.82) is 0 Å². The average molecular weight is 269 g/mol. The number of rotatable bonds is 3. The standard InChI is InChI=1S/C12H15NO4S/c1-9-3-5-10(6-4-9)18(16,17)13-8-7-12(13,2)11(14)15/h3-6H,7-8H2,1-2H3,(H,14,15)/t12-/m0/s1. The second kappa shape index (κ2) is 4.07. The van der Waals surface area contributed by atoms with Crippen molar-refractivity contribution in [2.45, 2.75) is 30.7 Å². The predicted molar refractivity (Wildman–Crippen MR) is 65.7 cm³/mol. The maximum atomic E-state index is 12.3. The summed E-state index contributed by atoms with van der Waals surface area (Å²) in [5, 5.41) is 9.11. The van der Waals surface area contributed by atoms with Crippen LogP contribution in [-0.4, -0.2) is 35.9 Å². The predicted octanol–water partition coefficient (Wildman–Crippen LogP) is 1.23. The monoisotopic (exact) mass is 269 g/mol. The lowest BCUT2D eigenvalue weighted by molar-refractivity contribution is -0.153. The molecule has 1 N–H and O–H groups in total. The van der Waals surface area contributed by atoms with E-state index in [1.807, 2.05) is 6.92 Å². The lowest BCUT2D eigenvalue weighted by Gasteiger charge is -2.45. The second-order valence-electron chi connectivity index (χ2n) is 4.72. The summed E-state index contributed by atoms with van der Waals surface area (Å²) in [4.78, 5) is 11.3. The summed E-state index contributed by atoms with van der Waals surface area (Å²) in [5.74, 6) is -1.11. The Bertz CT molecular complexity index is 579. The Morgan fingerprint density at radius 3 is 2.28 bits per heavy atom. The smallest absolute Gasteiger partial charge is 0.324 e. The van der Waals surface area contributed by atoms with Gasteiger partial charge in [0.1, 0.15) is 5.54 Å². The molecule has 1 aliphatic heterocycles. The summed E-state index contributed by atoms with van der Waals surface area (Å²) in [7, 11) is -3.72. The molecule has 5 nitrogen and oxygen atoms in total. The van der Waals surface area contributed by atoms with E-state index in [1.54, 1.807) is 12.1 Å². The lowest BCUT2D eigenvalue weighted by Crippen LogP contribution is -2.64. The van der Waals surface area contributed by atoms with Gasteiger partial charge in [-0.05, 0) is 32.4 Å². The Balaban J connectivity index is 2.39. The molecule has 6 heteroatoms. The van der Waals surface area contributed by atoms with Gasteiger partial charge >= 0.3 is 5.97 Å². The number of nitrogens with zero attached hydrogens (tertiary/aromatic N) is 1. The summed E-state index contributed by atoms with van der Waals surface area (Å²) >= 11 is 0. The molecule has 0 radical (unpaired) electrons. The molecule has 98 valence electrons. The van der Waals surface area contributed by atoms with Crippen LogP contribution >= 0.6 is 0 Å². The van der Waals surface area contributed by atoms with Crippen molar-refractivity contribution in [2.24, 2.45) is 0 Å². The molecule has 1 aromatic carbocycles. The van der Waals surface area contributed by atoms with Crippen molar-refractivity contribution >= 4 is 16.0 Å². The third kappa shape index (κ3) is 1.81. The second-order valence-corrected chi connectivity index (χ2v) is 6.58. The van der Waals surface area contributed by atoms with Crippen molar-refractivity contribution in [1.82, 2.24) is 4.31 Å². The van der Waals surface area contributed by atoms with E-state index < -0.39 is 21.5 Å². The largest absolute Gasteiger partial charge is 0.480 e. The summed E-state index contributed by atoms with van der Waals surface area (Å²) in [6.07, 6.45) is 0.341. The SMILES string of the molecule is Cc1ccc(S(=O)(=O)N2CC[C@@]2(C)C(=O)O)cc1. The van der Waals surface area contributed by atoms with E-state index in [0.29, 0.717) is 6.42 Å². The number of aliphatic carboxylic acids is 1. The van der Waals surface area contributed by atoms with Crippen LogP contribution in [0.25, 0.3) is 0 Å². The molecule has 0 aliphatic carbocycles. The number of aryl methyl sites for hydroxylation is 1. The molecule has 0 spiro atoms. The quantitative estimate of drug-likeness (QED) is 0.895. The lowest BCUT2D eigenvalue weighted by atomic mass is 9.90. The van der Waals surface area contributed by atoms with E-state index in [0.717, 1.165) is 9.87 Å². The number of carboxylic acids is 1. The van der Waals surface area contributed by atoms with Crippen LogP contribution in [0.4, 0.5) is 0 Å². The molecule has 0 amide bonds. The van der Waals surface area contributed by atoms with E-state index in [9.17, 15) is 13.2 Å². The molecule has 1 saturated heterocycles. The fraction of sp³-hybridized carbons (Fsp3) is 0.417. The summed E-state index contributed by atoms with van der Waals surface area (Å²) < 4.78 is 25.7. The van der Waals surface area contributed by atoms with Gasteiger partial charge in [0.15, 0.2) is 0 Å². The first kappa shape index (κ1) is 13.0. The van der Waals surface area contributed by atoms with E-state index >= 15 is 0 Å². The minimum absolute atomic E-state index is 0.139. The Hall–Kier alpha value is -1.40. The van der Waals surface area contributed by atoms with Gasteiger partial charge in [0.2, 0.25) is 10.0 Å². The first-order chi connectivity index (χ1) is 8.28. The fourth-order valence-electron chi connectivity index (χ4n) is 1.98. The third-order valence-electron chi connectivity index (χ3n) is 3.42. The van der Waals surface area contributed by atoms with Gasteiger partial charge in [-0.15, -0.1) is 0 Å². The van der Waals surface area contributed by atoms with Crippen molar-refractivity contribution in [3.63, 3.8) is 0 Å². The Morgan fingerprint density at radius 1 is 1.33 bits per heavy atom. The Labute approximate surface area is 106 Å². The van der Waals surface area contributed by atoms with Crippen LogP contribution in [0.2, 0.25) is 0 Å². The van der Waals surface area contributed by atoms with Gasteiger partial charge in [-0.3, -0.25) is 4.79 Å². The fourth-order valence-corrected chi connectivity index (χ4v) is 3.74. The number of hydrogen-bond acceptors (Lipinski definition) is 3. The van der Waals surface area contributed by atoms with Crippen molar-refractivity contribution in [3.8, 4) is 0 Å². The van der Waals surface area contributed by atoms with Crippen LogP contribution in [0.5, 0.6) is 0 Å². The molecular weight excluding hydrogens is 254 g/mol. The maximum Gasteiger partial charge on any atom is 0.324 e. The highest BCUT2D eigenvalue weighted by Crippen LogP contribution is 2.36. The van der Waals surface area contributed by atoms with E-state index in [4.69, 9.17) is 5.11 Å². The zero-order valence-electron chi connectivity index (χ0n) is 10.3. The molecule has 1 aromatic rings. The third-order valence-corrected chi connectivity index (χ3v) is 5.46. The molecule has 2 rings (SSSR count). The highest BCUT2D eigenvalue weighted by molar-refractivity contribution is 7.89. The Kier molecular flexibility index (Phi) is 2.95. The number of carboxylic acid groups (broad SMARTS) is 1. The van der Waals surface area contributed by atoms with Crippen molar-refractivity contribution in [3.05, 3.63) is 29.8 Å². The zero-order chi connectivity index (χ0) is 13.6. The molecule has 0 aromatic heterocycles. The highest BCUT2D eigenvalue weighted by atomic mass is 32.2. The Morgan fingerprint density at radius 2 is 1.89 bits per heavy atom. The van der Waals surface area contributed by atoms with Crippen LogP contribution in [-0.2, 0) is 14.8 Å². The number of carbonyl (C=O) groups is 1. The number of hydrogen-bond donors (Lipinski definition) is 1. The van der Waals surface area contributed by atoms with Gasteiger partial charge in [0.05, 0.1) is 4.90 Å². The van der Waals surface area contributed by atoms with Gasteiger partial charge in [0.25, 0.3) is 0 Å². The van der Waals surface area contributed by atoms with Crippen LogP contribution < -0.4 is 0 Å². The molecule has 1 fully saturated rings. The van der Waals surface area contributed by atoms with E-state index in [2.05, 4.69) is 0 Å². The molecule has 1 aliphatic rings. The maximum absolute atomic E-state index is 12.3. The minimum atomic E-state index is -3.72. The minimum Gasteiger partial charge on any atom is -0.480 e. The van der Waals surface area contributed by atoms with Crippen LogP contribution in [0, 0.1) is 6.92 Å². The van der Waals surface area contributed by atoms with Gasteiger partial charge in [0, 0.05) is 6.54 Å². The molecule has 1 atom stereocenters. The summed E-state index contributed by atoms with van der Waals surface area (Å²) in [6.45, 7) is 3.55. The molecular formula is C12H15NO4S. The molecule has 18 heavy (non-hydrogen) atoms. The zero-order valence-corrected chi connectivity index (χ0v) is 11.1. The van der Waals surface area contributed by atoms with Gasteiger partial charge in [-0.1, -0.05) is 17.7 Å². The normalized spacial score (nSPS) is 24.6. The van der Waals surface area contributed by atoms with E-state index in [-0.39, 0.29) is 11.4 Å². The highest BCUT2D eigenvalue weighted by Gasteiger charge is 2.53. The summed E-state index contributed by atoms with van der Waals surface area (Å²) in [6, 6.07) is 6.41. The van der Waals surface area contributed by atoms with Crippen LogP contribution in [0.15, 0.2) is 29.2 Å². The van der Waals surface area contributed by atoms with Crippen LogP contribution in [0.3, 0.4) is 0 Å². The first-order valence-corrected chi connectivity index (χ1v) is 7.05. The van der Waals surface area contributed by atoms with Gasteiger partial charge in [-0.2, -0.15) is 4.31 Å². The molecule has 0 unspecified atom stereocenters. The topological polar surface area (TPSA) is 74.7 Å². The van der Waals surface area contributed by atoms with Crippen molar-refractivity contribution < 1.29 is 18.3 Å². The van der Waals surface area contributed by atoms with Crippen molar-refractivity contribution in [2.75, 3.05) is 6.54 Å².